The Morgan fingerprint density at radius 1 is 1.39 bits per heavy atom. The molecule has 1 aliphatic heterocycles. The fourth-order valence-electron chi connectivity index (χ4n) is 2.35. The largest absolute Gasteiger partial charge is 0.315 e. The van der Waals surface area contributed by atoms with E-state index in [0.717, 1.165) is 38.2 Å². The zero-order valence-corrected chi connectivity index (χ0v) is 10.6. The van der Waals surface area contributed by atoms with Gasteiger partial charge in [0.25, 0.3) is 0 Å². The van der Waals surface area contributed by atoms with Crippen molar-refractivity contribution in [3.05, 3.63) is 35.1 Å². The second-order valence-electron chi connectivity index (χ2n) is 4.70. The second kappa shape index (κ2) is 5.94. The molecular weight excluding hydrogens is 229 g/mol. The maximum Gasteiger partial charge on any atom is 0.129 e. The highest BCUT2D eigenvalue weighted by molar-refractivity contribution is 5.30. The highest BCUT2D eigenvalue weighted by atomic mass is 19.1. The fourth-order valence-corrected chi connectivity index (χ4v) is 2.35. The third kappa shape index (κ3) is 2.87. The molecule has 1 heterocycles. The van der Waals surface area contributed by atoms with Crippen molar-refractivity contribution < 1.29 is 4.39 Å². The maximum atomic E-state index is 13.9. The lowest BCUT2D eigenvalue weighted by molar-refractivity contribution is 0.248. The van der Waals surface area contributed by atoms with Crippen LogP contribution < -0.4 is 5.32 Å². The molecule has 96 valence electrons. The molecule has 1 aliphatic rings. The predicted octanol–water partition coefficient (Wildman–Crippen LogP) is 1.99. The second-order valence-corrected chi connectivity index (χ2v) is 4.70. The number of nitriles is 1. The van der Waals surface area contributed by atoms with Gasteiger partial charge in [-0.05, 0) is 26.0 Å². The third-order valence-electron chi connectivity index (χ3n) is 3.31. The van der Waals surface area contributed by atoms with Crippen LogP contribution in [0, 0.1) is 24.1 Å². The molecule has 2 rings (SSSR count). The summed E-state index contributed by atoms with van der Waals surface area (Å²) in [7, 11) is 0. The van der Waals surface area contributed by atoms with E-state index < -0.39 is 6.04 Å². The molecule has 0 bridgehead atoms. The van der Waals surface area contributed by atoms with Crippen LogP contribution in [0.3, 0.4) is 0 Å². The zero-order chi connectivity index (χ0) is 13.0. The standard InChI is InChI=1S/C14H18FN3/c1-11-3-4-13(15)12(9-11)14(10-16)18-7-2-5-17-6-8-18/h3-4,9,14,17H,2,5-8H2,1H3. The molecule has 1 unspecified atom stereocenters. The van der Waals surface area contributed by atoms with Crippen molar-refractivity contribution >= 4 is 0 Å². The molecule has 3 nitrogen and oxygen atoms in total. The average Bonchev–Trinajstić information content (AvgIpc) is 2.64. The van der Waals surface area contributed by atoms with Crippen LogP contribution in [0.4, 0.5) is 4.39 Å². The van der Waals surface area contributed by atoms with Crippen LogP contribution in [-0.2, 0) is 0 Å². The van der Waals surface area contributed by atoms with Crippen molar-refractivity contribution in [2.24, 2.45) is 0 Å². The summed E-state index contributed by atoms with van der Waals surface area (Å²) in [6.45, 7) is 5.35. The van der Waals surface area contributed by atoms with Gasteiger partial charge in [0.05, 0.1) is 6.07 Å². The molecule has 0 radical (unpaired) electrons. The van der Waals surface area contributed by atoms with Gasteiger partial charge in [0.2, 0.25) is 0 Å². The fraction of sp³-hybridized carbons (Fsp3) is 0.500. The summed E-state index contributed by atoms with van der Waals surface area (Å²) in [4.78, 5) is 2.05. The minimum Gasteiger partial charge on any atom is -0.315 e. The van der Waals surface area contributed by atoms with Crippen molar-refractivity contribution in [1.82, 2.24) is 10.2 Å². The Balaban J connectivity index is 2.26. The van der Waals surface area contributed by atoms with Gasteiger partial charge in [0.15, 0.2) is 0 Å². The first-order valence-corrected chi connectivity index (χ1v) is 6.33. The van der Waals surface area contributed by atoms with E-state index in [9.17, 15) is 9.65 Å². The van der Waals surface area contributed by atoms with Crippen molar-refractivity contribution in [2.75, 3.05) is 26.2 Å². The lowest BCUT2D eigenvalue weighted by atomic mass is 10.0. The van der Waals surface area contributed by atoms with Crippen LogP contribution in [0.1, 0.15) is 23.6 Å². The van der Waals surface area contributed by atoms with Gasteiger partial charge in [-0.2, -0.15) is 5.26 Å². The molecule has 0 amide bonds. The Kier molecular flexibility index (Phi) is 4.29. The Bertz CT molecular complexity index is 445. The highest BCUT2D eigenvalue weighted by Gasteiger charge is 2.23. The summed E-state index contributed by atoms with van der Waals surface area (Å²) < 4.78 is 13.9. The number of rotatable bonds is 2. The van der Waals surface area contributed by atoms with Crippen molar-refractivity contribution in [3.8, 4) is 6.07 Å². The lowest BCUT2D eigenvalue weighted by Crippen LogP contribution is -2.32. The van der Waals surface area contributed by atoms with Crippen LogP contribution in [0.25, 0.3) is 0 Å². The molecule has 1 fully saturated rings. The van der Waals surface area contributed by atoms with Gasteiger partial charge >= 0.3 is 0 Å². The maximum absolute atomic E-state index is 13.9. The van der Waals surface area contributed by atoms with Gasteiger partial charge in [-0.15, -0.1) is 0 Å². The van der Waals surface area contributed by atoms with Gasteiger partial charge in [-0.25, -0.2) is 4.39 Å². The SMILES string of the molecule is Cc1ccc(F)c(C(C#N)N2CCCNCC2)c1. The van der Waals surface area contributed by atoms with Gasteiger partial charge in [0, 0.05) is 25.2 Å². The zero-order valence-electron chi connectivity index (χ0n) is 10.6. The van der Waals surface area contributed by atoms with Gasteiger partial charge in [-0.1, -0.05) is 17.7 Å². The first kappa shape index (κ1) is 13.0. The minimum atomic E-state index is -0.482. The molecule has 1 aromatic rings. The smallest absolute Gasteiger partial charge is 0.129 e. The Morgan fingerprint density at radius 2 is 2.22 bits per heavy atom. The van der Waals surface area contributed by atoms with E-state index in [2.05, 4.69) is 16.3 Å². The van der Waals surface area contributed by atoms with Gasteiger partial charge < -0.3 is 5.32 Å². The van der Waals surface area contributed by atoms with E-state index in [1.54, 1.807) is 12.1 Å². The van der Waals surface area contributed by atoms with E-state index in [1.807, 2.05) is 6.92 Å². The van der Waals surface area contributed by atoms with Crippen LogP contribution in [-0.4, -0.2) is 31.1 Å². The molecule has 4 heteroatoms. The monoisotopic (exact) mass is 247 g/mol. The molecule has 1 N–H and O–H groups in total. The van der Waals surface area contributed by atoms with Crippen molar-refractivity contribution in [1.29, 1.82) is 5.26 Å². The molecule has 0 aliphatic carbocycles. The topological polar surface area (TPSA) is 39.1 Å². The van der Waals surface area contributed by atoms with Crippen molar-refractivity contribution in [3.63, 3.8) is 0 Å². The van der Waals surface area contributed by atoms with Crippen LogP contribution in [0.2, 0.25) is 0 Å². The number of hydrogen-bond acceptors (Lipinski definition) is 3. The number of benzene rings is 1. The molecular formula is C14H18FN3. The molecule has 0 aromatic heterocycles. The summed E-state index contributed by atoms with van der Waals surface area (Å²) in [5, 5.41) is 12.6. The minimum absolute atomic E-state index is 0.288. The summed E-state index contributed by atoms with van der Waals surface area (Å²) in [6, 6.07) is 6.72. The van der Waals surface area contributed by atoms with Crippen molar-refractivity contribution in [2.45, 2.75) is 19.4 Å². The van der Waals surface area contributed by atoms with E-state index in [0.29, 0.717) is 5.56 Å². The van der Waals surface area contributed by atoms with Crippen LogP contribution >= 0.6 is 0 Å². The molecule has 0 spiro atoms. The van der Waals surface area contributed by atoms with Gasteiger partial charge in [0.1, 0.15) is 11.9 Å². The third-order valence-corrected chi connectivity index (χ3v) is 3.31. The van der Waals surface area contributed by atoms with Crippen LogP contribution in [0.5, 0.6) is 0 Å². The Morgan fingerprint density at radius 3 is 3.00 bits per heavy atom. The predicted molar refractivity (Wildman–Crippen MR) is 68.6 cm³/mol. The molecule has 1 atom stereocenters. The van der Waals surface area contributed by atoms with E-state index in [4.69, 9.17) is 0 Å². The molecule has 0 saturated carbocycles. The number of halogens is 1. The quantitative estimate of drug-likeness (QED) is 0.868. The first-order chi connectivity index (χ1) is 8.72. The van der Waals surface area contributed by atoms with E-state index in [-0.39, 0.29) is 5.82 Å². The Labute approximate surface area is 107 Å². The summed E-state index contributed by atoms with van der Waals surface area (Å²) >= 11 is 0. The average molecular weight is 247 g/mol. The summed E-state index contributed by atoms with van der Waals surface area (Å²) in [5.41, 5.74) is 1.49. The summed E-state index contributed by atoms with van der Waals surface area (Å²) in [6.07, 6.45) is 0.992. The molecule has 18 heavy (non-hydrogen) atoms. The highest BCUT2D eigenvalue weighted by Crippen LogP contribution is 2.24. The first-order valence-electron chi connectivity index (χ1n) is 6.33. The van der Waals surface area contributed by atoms with Gasteiger partial charge in [-0.3, -0.25) is 4.90 Å². The Hall–Kier alpha value is -1.44. The number of nitrogens with one attached hydrogen (secondary N) is 1. The normalized spacial score (nSPS) is 18.9. The van der Waals surface area contributed by atoms with Crippen LogP contribution in [0.15, 0.2) is 18.2 Å². The number of nitrogens with zero attached hydrogens (tertiary/aromatic N) is 2. The molecule has 1 saturated heterocycles. The van der Waals surface area contributed by atoms with E-state index in [1.165, 1.54) is 6.07 Å². The number of hydrogen-bond donors (Lipinski definition) is 1. The molecule has 1 aromatic carbocycles. The lowest BCUT2D eigenvalue weighted by Gasteiger charge is -2.25. The number of aryl methyl sites for hydroxylation is 1. The van der Waals surface area contributed by atoms with E-state index >= 15 is 0 Å². The summed E-state index contributed by atoms with van der Waals surface area (Å²) in [5.74, 6) is -0.288.